The molecule has 1 heterocycles. The van der Waals surface area contributed by atoms with E-state index in [0.29, 0.717) is 0 Å². The molecule has 1 unspecified atom stereocenters. The van der Waals surface area contributed by atoms with Crippen LogP contribution in [0, 0.1) is 6.92 Å². The third-order valence-electron chi connectivity index (χ3n) is 5.90. The second-order valence-electron chi connectivity index (χ2n) is 8.82. The number of esters is 1. The number of benzene rings is 3. The molecule has 0 radical (unpaired) electrons. The van der Waals surface area contributed by atoms with Gasteiger partial charge >= 0.3 is 12.1 Å². The van der Waals surface area contributed by atoms with Crippen molar-refractivity contribution in [1.82, 2.24) is 0 Å². The highest BCUT2D eigenvalue weighted by atomic mass is 32.2. The molecular weight excluding hydrogens is 492 g/mol. The molecule has 194 valence electrons. The minimum atomic E-state index is -1.25. The number of aliphatic hydroxyl groups excluding tert-OH is 1. The van der Waals surface area contributed by atoms with E-state index in [4.69, 9.17) is 18.9 Å². The fourth-order valence-electron chi connectivity index (χ4n) is 4.12. The van der Waals surface area contributed by atoms with Crippen molar-refractivity contribution in [3.63, 3.8) is 0 Å². The molecule has 1 saturated heterocycles. The first-order valence-electron chi connectivity index (χ1n) is 12.0. The minimum absolute atomic E-state index is 0.130. The van der Waals surface area contributed by atoms with Crippen molar-refractivity contribution in [2.45, 2.75) is 55.0 Å². The number of carbonyl (C=O) groups excluding carboxylic acids is 2. The normalized spacial score (nSPS) is 19.4. The predicted molar refractivity (Wildman–Crippen MR) is 139 cm³/mol. The van der Waals surface area contributed by atoms with E-state index in [1.807, 2.05) is 91.9 Å². The van der Waals surface area contributed by atoms with Crippen LogP contribution in [0.3, 0.4) is 0 Å². The van der Waals surface area contributed by atoms with E-state index in [0.717, 1.165) is 21.6 Å². The Labute approximate surface area is 220 Å². The van der Waals surface area contributed by atoms with Gasteiger partial charge in [0.2, 0.25) is 0 Å². The molecule has 0 aromatic heterocycles. The van der Waals surface area contributed by atoms with Gasteiger partial charge in [-0.2, -0.15) is 0 Å². The second kappa shape index (κ2) is 12.8. The number of thioether (sulfide) groups is 1. The molecule has 1 N–H and O–H groups in total. The number of rotatable bonds is 11. The van der Waals surface area contributed by atoms with Crippen molar-refractivity contribution in [2.24, 2.45) is 0 Å². The molecule has 37 heavy (non-hydrogen) atoms. The van der Waals surface area contributed by atoms with Gasteiger partial charge in [-0.25, -0.2) is 4.79 Å². The summed E-state index contributed by atoms with van der Waals surface area (Å²) in [6, 6.07) is 27.1. The molecule has 7 nitrogen and oxygen atoms in total. The first kappa shape index (κ1) is 26.7. The van der Waals surface area contributed by atoms with Gasteiger partial charge in [-0.05, 0) is 30.2 Å². The fourth-order valence-corrected chi connectivity index (χ4v) is 5.37. The van der Waals surface area contributed by atoms with Gasteiger partial charge in [0.25, 0.3) is 0 Å². The van der Waals surface area contributed by atoms with Gasteiger partial charge in [0.1, 0.15) is 6.10 Å². The van der Waals surface area contributed by atoms with Gasteiger partial charge in [0.15, 0.2) is 18.3 Å². The topological polar surface area (TPSA) is 91.3 Å². The van der Waals surface area contributed by atoms with Gasteiger partial charge in [-0.1, -0.05) is 78.4 Å². The summed E-state index contributed by atoms with van der Waals surface area (Å²) in [5.74, 6) is -0.614. The summed E-state index contributed by atoms with van der Waals surface area (Å²) in [7, 11) is 0. The lowest BCUT2D eigenvalue weighted by molar-refractivity contribution is -0.166. The molecular formula is C29H30O7S. The second-order valence-corrected chi connectivity index (χ2v) is 10.0. The maximum absolute atomic E-state index is 12.4. The van der Waals surface area contributed by atoms with Crippen LogP contribution in [0.5, 0.6) is 0 Å². The van der Waals surface area contributed by atoms with E-state index < -0.39 is 41.8 Å². The molecule has 5 atom stereocenters. The largest absolute Gasteiger partial charge is 0.509 e. The van der Waals surface area contributed by atoms with E-state index in [1.165, 1.54) is 18.7 Å². The lowest BCUT2D eigenvalue weighted by Crippen LogP contribution is -2.48. The Bertz CT molecular complexity index is 1150. The number of aliphatic hydroxyl groups is 1. The minimum Gasteiger partial charge on any atom is -0.456 e. The van der Waals surface area contributed by atoms with Crippen LogP contribution in [0.2, 0.25) is 0 Å². The zero-order chi connectivity index (χ0) is 26.2. The van der Waals surface area contributed by atoms with Crippen LogP contribution >= 0.6 is 11.8 Å². The van der Waals surface area contributed by atoms with Crippen LogP contribution in [0.4, 0.5) is 4.79 Å². The van der Waals surface area contributed by atoms with Gasteiger partial charge in [-0.15, -0.1) is 11.8 Å². The first-order valence-corrected chi connectivity index (χ1v) is 12.9. The van der Waals surface area contributed by atoms with Gasteiger partial charge < -0.3 is 24.1 Å². The summed E-state index contributed by atoms with van der Waals surface area (Å²) in [6.45, 7) is 3.38. The predicted octanol–water partition coefficient (Wildman–Crippen LogP) is 5.24. The zero-order valence-corrected chi connectivity index (χ0v) is 21.5. The molecule has 0 amide bonds. The summed E-state index contributed by atoms with van der Waals surface area (Å²) >= 11 is 1.50. The molecule has 0 spiro atoms. The SMILES string of the molecule is CC(=O)O[C@@H]([C@@H]1OC(=O)O[C@H]1C(Sc1ccccc1)c1ccc(C)cc1)[C@H](O)COCc1ccccc1. The lowest BCUT2D eigenvalue weighted by Gasteiger charge is -2.31. The van der Waals surface area contributed by atoms with Gasteiger partial charge in [-0.3, -0.25) is 4.79 Å². The number of ether oxygens (including phenoxy) is 4. The fraction of sp³-hybridized carbons (Fsp3) is 0.310. The standard InChI is InChI=1S/C29H30O7S/c1-19-13-15-22(16-14-19)28(37-23-11-7-4-8-12-23)27-26(35-29(32)36-27)25(34-20(2)30)24(31)18-33-17-21-9-5-3-6-10-21/h3-16,24-28,31H,17-18H2,1-2H3/t24-,25-,26+,27-,28?/m1/s1. The maximum Gasteiger partial charge on any atom is 0.509 e. The Kier molecular flexibility index (Phi) is 9.22. The highest BCUT2D eigenvalue weighted by molar-refractivity contribution is 7.99. The van der Waals surface area contributed by atoms with Crippen LogP contribution in [-0.2, 0) is 30.3 Å². The molecule has 3 aromatic carbocycles. The summed E-state index contributed by atoms with van der Waals surface area (Å²) in [6.07, 6.45) is -5.21. The third kappa shape index (κ3) is 7.35. The summed E-state index contributed by atoms with van der Waals surface area (Å²) in [4.78, 5) is 25.4. The van der Waals surface area contributed by atoms with Crippen LogP contribution in [-0.4, -0.2) is 48.3 Å². The van der Waals surface area contributed by atoms with Crippen molar-refractivity contribution in [2.75, 3.05) is 6.61 Å². The highest BCUT2D eigenvalue weighted by Crippen LogP contribution is 2.44. The molecule has 8 heteroatoms. The number of hydrogen-bond donors (Lipinski definition) is 1. The molecule has 0 saturated carbocycles. The average molecular weight is 523 g/mol. The average Bonchev–Trinajstić information content (AvgIpc) is 3.28. The first-order chi connectivity index (χ1) is 17.9. The van der Waals surface area contributed by atoms with E-state index in [1.54, 1.807) is 0 Å². The molecule has 0 bridgehead atoms. The van der Waals surface area contributed by atoms with Crippen LogP contribution in [0.1, 0.15) is 28.9 Å². The van der Waals surface area contributed by atoms with Crippen molar-refractivity contribution in [3.8, 4) is 0 Å². The monoisotopic (exact) mass is 522 g/mol. The maximum atomic E-state index is 12.4. The Morgan fingerprint density at radius 2 is 1.57 bits per heavy atom. The Hall–Kier alpha value is -3.33. The van der Waals surface area contributed by atoms with Gasteiger partial charge in [0.05, 0.1) is 18.5 Å². The van der Waals surface area contributed by atoms with Crippen molar-refractivity contribution >= 4 is 23.9 Å². The quantitative estimate of drug-likeness (QED) is 0.270. The van der Waals surface area contributed by atoms with Gasteiger partial charge in [0, 0.05) is 11.8 Å². The van der Waals surface area contributed by atoms with Crippen molar-refractivity contribution in [3.05, 3.63) is 102 Å². The summed E-state index contributed by atoms with van der Waals surface area (Å²) in [5.41, 5.74) is 2.93. The Morgan fingerprint density at radius 1 is 0.946 bits per heavy atom. The van der Waals surface area contributed by atoms with E-state index in [2.05, 4.69) is 0 Å². The smallest absolute Gasteiger partial charge is 0.456 e. The van der Waals surface area contributed by atoms with Crippen LogP contribution < -0.4 is 0 Å². The van der Waals surface area contributed by atoms with Crippen LogP contribution in [0.25, 0.3) is 0 Å². The van der Waals surface area contributed by atoms with Crippen molar-refractivity contribution < 1.29 is 33.6 Å². The Morgan fingerprint density at radius 3 is 2.22 bits per heavy atom. The zero-order valence-electron chi connectivity index (χ0n) is 20.7. The van der Waals surface area contributed by atoms with E-state index in [9.17, 15) is 14.7 Å². The molecule has 4 rings (SSSR count). The lowest BCUT2D eigenvalue weighted by atomic mass is 9.96. The van der Waals surface area contributed by atoms with Crippen LogP contribution in [0.15, 0.2) is 89.8 Å². The summed E-state index contributed by atoms with van der Waals surface area (Å²) < 4.78 is 22.4. The number of carbonyl (C=O) groups is 2. The molecule has 0 aliphatic carbocycles. The number of hydrogen-bond acceptors (Lipinski definition) is 8. The summed E-state index contributed by atoms with van der Waals surface area (Å²) in [5, 5.41) is 10.6. The van der Waals surface area contributed by atoms with E-state index in [-0.39, 0.29) is 13.2 Å². The number of cyclic esters (lactones) is 2. The highest BCUT2D eigenvalue weighted by Gasteiger charge is 2.50. The Balaban J connectivity index is 1.58. The van der Waals surface area contributed by atoms with Crippen molar-refractivity contribution in [1.29, 1.82) is 0 Å². The number of aryl methyl sites for hydroxylation is 1. The van der Waals surface area contributed by atoms with E-state index >= 15 is 0 Å². The molecule has 1 fully saturated rings. The molecule has 3 aromatic rings. The molecule has 1 aliphatic rings. The third-order valence-corrected chi connectivity index (χ3v) is 7.24. The molecule has 1 aliphatic heterocycles.